The van der Waals surface area contributed by atoms with Crippen molar-refractivity contribution in [2.24, 2.45) is 0 Å². The first-order chi connectivity index (χ1) is 7.15. The van der Waals surface area contributed by atoms with Crippen LogP contribution in [0, 0.1) is 0 Å². The van der Waals surface area contributed by atoms with Crippen LogP contribution in [0.4, 0.5) is 5.13 Å². The smallest absolute Gasteiger partial charge is 0.186 e. The monoisotopic (exact) mass is 290 g/mol. The molecule has 2 nitrogen and oxygen atoms in total. The van der Waals surface area contributed by atoms with Crippen LogP contribution in [-0.4, -0.2) is 17.6 Å². The summed E-state index contributed by atoms with van der Waals surface area (Å²) in [6.45, 7) is 7.80. The third kappa shape index (κ3) is 4.11. The Morgan fingerprint density at radius 1 is 1.47 bits per heavy atom. The Labute approximate surface area is 105 Å². The second-order valence-electron chi connectivity index (χ2n) is 3.95. The van der Waals surface area contributed by atoms with E-state index in [0.717, 1.165) is 16.3 Å². The Kier molecular flexibility index (Phi) is 5.61. The minimum absolute atomic E-state index is 0.528. The number of hydrogen-bond acceptors (Lipinski definition) is 3. The quantitative estimate of drug-likeness (QED) is 0.726. The van der Waals surface area contributed by atoms with Gasteiger partial charge in [0.2, 0.25) is 0 Å². The van der Waals surface area contributed by atoms with E-state index in [9.17, 15) is 0 Å². The van der Waals surface area contributed by atoms with Crippen molar-refractivity contribution in [3.8, 4) is 0 Å². The van der Waals surface area contributed by atoms with Crippen molar-refractivity contribution in [3.63, 3.8) is 0 Å². The van der Waals surface area contributed by atoms with Crippen molar-refractivity contribution in [3.05, 3.63) is 9.98 Å². The fourth-order valence-corrected chi connectivity index (χ4v) is 2.89. The summed E-state index contributed by atoms with van der Waals surface area (Å²) in [6.07, 6.45) is 3.83. The van der Waals surface area contributed by atoms with Gasteiger partial charge in [0.1, 0.15) is 4.60 Å². The van der Waals surface area contributed by atoms with E-state index in [1.54, 1.807) is 11.3 Å². The van der Waals surface area contributed by atoms with Crippen molar-refractivity contribution in [2.75, 3.05) is 11.4 Å². The minimum Gasteiger partial charge on any atom is -0.346 e. The zero-order valence-electron chi connectivity index (χ0n) is 9.66. The van der Waals surface area contributed by atoms with Gasteiger partial charge in [0.15, 0.2) is 5.13 Å². The number of anilines is 1. The summed E-state index contributed by atoms with van der Waals surface area (Å²) in [7, 11) is 0. The number of rotatable bonds is 6. The van der Waals surface area contributed by atoms with Crippen molar-refractivity contribution >= 4 is 32.4 Å². The molecule has 0 aliphatic heterocycles. The van der Waals surface area contributed by atoms with E-state index in [1.807, 2.05) is 5.38 Å². The Morgan fingerprint density at radius 3 is 2.67 bits per heavy atom. The standard InChI is InChI=1S/C11H19BrN2S/c1-4-5-6-7-14(9(2)3)11-13-10(12)8-15-11/h8-9H,4-7H2,1-3H3. The van der Waals surface area contributed by atoms with Gasteiger partial charge in [-0.15, -0.1) is 11.3 Å². The maximum atomic E-state index is 4.47. The van der Waals surface area contributed by atoms with Crippen LogP contribution in [0.3, 0.4) is 0 Å². The van der Waals surface area contributed by atoms with Crippen LogP contribution in [-0.2, 0) is 0 Å². The molecule has 0 atom stereocenters. The SMILES string of the molecule is CCCCCN(c1nc(Br)cs1)C(C)C. The zero-order valence-corrected chi connectivity index (χ0v) is 12.1. The second-order valence-corrected chi connectivity index (χ2v) is 5.60. The van der Waals surface area contributed by atoms with Crippen LogP contribution >= 0.6 is 27.3 Å². The van der Waals surface area contributed by atoms with Crippen molar-refractivity contribution < 1.29 is 0 Å². The van der Waals surface area contributed by atoms with Crippen LogP contribution in [0.2, 0.25) is 0 Å². The molecule has 0 radical (unpaired) electrons. The summed E-state index contributed by atoms with van der Waals surface area (Å²) in [5, 5.41) is 3.18. The molecule has 0 saturated heterocycles. The summed E-state index contributed by atoms with van der Waals surface area (Å²) >= 11 is 5.12. The van der Waals surface area contributed by atoms with Crippen molar-refractivity contribution in [1.82, 2.24) is 4.98 Å². The third-order valence-electron chi connectivity index (χ3n) is 2.34. The van der Waals surface area contributed by atoms with E-state index in [-0.39, 0.29) is 0 Å². The molecule has 0 unspecified atom stereocenters. The first-order valence-corrected chi connectivity index (χ1v) is 7.20. The molecule has 0 spiro atoms. The predicted molar refractivity (Wildman–Crippen MR) is 71.8 cm³/mol. The highest BCUT2D eigenvalue weighted by Gasteiger charge is 2.13. The van der Waals surface area contributed by atoms with E-state index in [0.29, 0.717) is 6.04 Å². The topological polar surface area (TPSA) is 16.1 Å². The number of hydrogen-bond donors (Lipinski definition) is 0. The summed E-state index contributed by atoms with van der Waals surface area (Å²) in [5.74, 6) is 0. The minimum atomic E-state index is 0.528. The molecule has 15 heavy (non-hydrogen) atoms. The number of unbranched alkanes of at least 4 members (excludes halogenated alkanes) is 2. The second kappa shape index (κ2) is 6.48. The van der Waals surface area contributed by atoms with E-state index in [2.05, 4.69) is 46.6 Å². The highest BCUT2D eigenvalue weighted by molar-refractivity contribution is 9.10. The maximum Gasteiger partial charge on any atom is 0.186 e. The van der Waals surface area contributed by atoms with Gasteiger partial charge in [0.05, 0.1) is 0 Å². The van der Waals surface area contributed by atoms with Gasteiger partial charge in [0, 0.05) is 18.0 Å². The van der Waals surface area contributed by atoms with E-state index in [1.165, 1.54) is 19.3 Å². The van der Waals surface area contributed by atoms with Gasteiger partial charge in [-0.1, -0.05) is 19.8 Å². The molecule has 0 N–H and O–H groups in total. The van der Waals surface area contributed by atoms with Gasteiger partial charge in [0.25, 0.3) is 0 Å². The van der Waals surface area contributed by atoms with Crippen molar-refractivity contribution in [2.45, 2.75) is 46.1 Å². The molecule has 0 bridgehead atoms. The normalized spacial score (nSPS) is 11.0. The Balaban J connectivity index is 2.58. The lowest BCUT2D eigenvalue weighted by atomic mass is 10.2. The average molecular weight is 291 g/mol. The van der Waals surface area contributed by atoms with Gasteiger partial charge in [-0.3, -0.25) is 0 Å². The van der Waals surface area contributed by atoms with Crippen molar-refractivity contribution in [1.29, 1.82) is 0 Å². The van der Waals surface area contributed by atoms with E-state index in [4.69, 9.17) is 0 Å². The summed E-state index contributed by atoms with van der Waals surface area (Å²) in [5.41, 5.74) is 0. The maximum absolute atomic E-state index is 4.47. The molecular formula is C11H19BrN2S. The first-order valence-electron chi connectivity index (χ1n) is 5.52. The molecule has 1 rings (SSSR count). The lowest BCUT2D eigenvalue weighted by Gasteiger charge is -2.25. The van der Waals surface area contributed by atoms with Gasteiger partial charge in [-0.25, -0.2) is 4.98 Å². The summed E-state index contributed by atoms with van der Waals surface area (Å²) < 4.78 is 0.948. The molecule has 0 aliphatic carbocycles. The molecule has 0 saturated carbocycles. The first kappa shape index (κ1) is 13.0. The van der Waals surface area contributed by atoms with E-state index < -0.39 is 0 Å². The average Bonchev–Trinajstić information content (AvgIpc) is 2.59. The highest BCUT2D eigenvalue weighted by Crippen LogP contribution is 2.25. The van der Waals surface area contributed by atoms with Crippen LogP contribution in [0.15, 0.2) is 9.98 Å². The van der Waals surface area contributed by atoms with Crippen LogP contribution < -0.4 is 4.90 Å². The van der Waals surface area contributed by atoms with Gasteiger partial charge < -0.3 is 4.90 Å². The number of halogens is 1. The summed E-state index contributed by atoms with van der Waals surface area (Å²) in [6, 6.07) is 0.528. The van der Waals surface area contributed by atoms with Gasteiger partial charge >= 0.3 is 0 Å². The lowest BCUT2D eigenvalue weighted by Crippen LogP contribution is -2.31. The predicted octanol–water partition coefficient (Wildman–Crippen LogP) is 4.31. The highest BCUT2D eigenvalue weighted by atomic mass is 79.9. The Hall–Kier alpha value is -0.0900. The molecule has 1 heterocycles. The number of nitrogens with zero attached hydrogens (tertiary/aromatic N) is 2. The molecule has 0 aliphatic rings. The molecule has 4 heteroatoms. The Bertz CT molecular complexity index is 286. The number of thiazole rings is 1. The largest absolute Gasteiger partial charge is 0.346 e. The Morgan fingerprint density at radius 2 is 2.20 bits per heavy atom. The molecule has 0 aromatic carbocycles. The molecule has 1 aromatic heterocycles. The molecule has 0 fully saturated rings. The fraction of sp³-hybridized carbons (Fsp3) is 0.727. The van der Waals surface area contributed by atoms with Gasteiger partial charge in [-0.2, -0.15) is 0 Å². The third-order valence-corrected chi connectivity index (χ3v) is 3.92. The lowest BCUT2D eigenvalue weighted by molar-refractivity contribution is 0.624. The molecule has 86 valence electrons. The van der Waals surface area contributed by atoms with Crippen LogP contribution in [0.25, 0.3) is 0 Å². The van der Waals surface area contributed by atoms with Crippen LogP contribution in [0.5, 0.6) is 0 Å². The number of aromatic nitrogens is 1. The summed E-state index contributed by atoms with van der Waals surface area (Å²) in [4.78, 5) is 6.85. The molecule has 0 amide bonds. The fourth-order valence-electron chi connectivity index (χ4n) is 1.48. The van der Waals surface area contributed by atoms with Gasteiger partial charge in [-0.05, 0) is 36.2 Å². The zero-order chi connectivity index (χ0) is 11.3. The molecular weight excluding hydrogens is 272 g/mol. The van der Waals surface area contributed by atoms with E-state index >= 15 is 0 Å². The molecule has 1 aromatic rings. The van der Waals surface area contributed by atoms with Crippen LogP contribution in [0.1, 0.15) is 40.0 Å².